The fraction of sp³-hybridized carbons (Fsp3) is 0.250. The number of anilines is 1. The Morgan fingerprint density at radius 3 is 2.27 bits per heavy atom. The smallest absolute Gasteiger partial charge is 0.328 e. The van der Waals surface area contributed by atoms with Crippen molar-refractivity contribution in [1.82, 2.24) is 5.32 Å². The first-order valence-corrected chi connectivity index (χ1v) is 10.2. The lowest BCUT2D eigenvalue weighted by Crippen LogP contribution is -2.42. The van der Waals surface area contributed by atoms with Gasteiger partial charge in [-0.15, -0.1) is 0 Å². The Balaban J connectivity index is 1.79. The van der Waals surface area contributed by atoms with Crippen molar-refractivity contribution in [2.75, 3.05) is 25.7 Å². The molecule has 2 amide bonds. The average molecular weight is 450 g/mol. The highest BCUT2D eigenvalue weighted by atomic mass is 16.5. The number of nitrogens with one attached hydrogen (secondary N) is 2. The fourth-order valence-corrected chi connectivity index (χ4v) is 3.65. The number of amides is 2. The van der Waals surface area contributed by atoms with Gasteiger partial charge in [0.2, 0.25) is 5.91 Å². The molecule has 1 atom stereocenters. The highest BCUT2D eigenvalue weighted by molar-refractivity contribution is 6.29. The Kier molecular flexibility index (Phi) is 7.12. The maximum absolute atomic E-state index is 13.2. The third kappa shape index (κ3) is 5.20. The lowest BCUT2D eigenvalue weighted by molar-refractivity contribution is -0.144. The first-order valence-electron chi connectivity index (χ1n) is 10.2. The Labute approximate surface area is 191 Å². The summed E-state index contributed by atoms with van der Waals surface area (Å²) < 4.78 is 10.2. The molecule has 4 N–H and O–H groups in total. The number of rotatable bonds is 8. The molecule has 3 rings (SSSR count). The van der Waals surface area contributed by atoms with Crippen molar-refractivity contribution in [2.45, 2.75) is 19.4 Å². The van der Waals surface area contributed by atoms with Crippen LogP contribution in [0.25, 0.3) is 5.57 Å². The number of nitrogens with zero attached hydrogens (tertiary/aromatic N) is 1. The number of ether oxygens (including phenoxy) is 2. The molecule has 0 aromatic heterocycles. The zero-order valence-electron chi connectivity index (χ0n) is 18.7. The second-order valence-electron chi connectivity index (χ2n) is 7.53. The Morgan fingerprint density at radius 2 is 1.76 bits per heavy atom. The van der Waals surface area contributed by atoms with E-state index in [9.17, 15) is 14.4 Å². The van der Waals surface area contributed by atoms with E-state index in [0.717, 1.165) is 5.56 Å². The van der Waals surface area contributed by atoms with E-state index in [1.54, 1.807) is 53.4 Å². The summed E-state index contributed by atoms with van der Waals surface area (Å²) in [6, 6.07) is 13.2. The normalized spacial score (nSPS) is 14.2. The SMILES string of the molecule is COC(=O)C(Cc1ccc(N2CC(OC)=C(c3ccc(C(=N)N)cc3)C2=O)cc1)NC(C)=O. The molecule has 1 aliphatic rings. The summed E-state index contributed by atoms with van der Waals surface area (Å²) in [5, 5.41) is 10.1. The van der Waals surface area contributed by atoms with Crippen LogP contribution in [0.4, 0.5) is 5.69 Å². The zero-order chi connectivity index (χ0) is 24.1. The highest BCUT2D eigenvalue weighted by Crippen LogP contribution is 2.32. The van der Waals surface area contributed by atoms with Crippen LogP contribution in [-0.2, 0) is 30.3 Å². The van der Waals surface area contributed by atoms with E-state index in [4.69, 9.17) is 20.6 Å². The second-order valence-corrected chi connectivity index (χ2v) is 7.53. The van der Waals surface area contributed by atoms with E-state index >= 15 is 0 Å². The van der Waals surface area contributed by atoms with E-state index in [1.165, 1.54) is 21.1 Å². The Bertz CT molecular complexity index is 1110. The lowest BCUT2D eigenvalue weighted by Gasteiger charge is -2.19. The van der Waals surface area contributed by atoms with Gasteiger partial charge in [-0.2, -0.15) is 0 Å². The van der Waals surface area contributed by atoms with Crippen LogP contribution in [0, 0.1) is 5.41 Å². The molecule has 1 aliphatic heterocycles. The van der Waals surface area contributed by atoms with Gasteiger partial charge in [0.1, 0.15) is 17.6 Å². The first kappa shape index (κ1) is 23.5. The third-order valence-electron chi connectivity index (χ3n) is 5.32. The maximum atomic E-state index is 13.2. The van der Waals surface area contributed by atoms with Gasteiger partial charge in [-0.25, -0.2) is 4.79 Å². The molecule has 0 bridgehead atoms. The summed E-state index contributed by atoms with van der Waals surface area (Å²) in [5.74, 6) is -0.572. The fourth-order valence-electron chi connectivity index (χ4n) is 3.65. The number of esters is 1. The number of hydrogen-bond donors (Lipinski definition) is 3. The van der Waals surface area contributed by atoms with Gasteiger partial charge in [0.15, 0.2) is 0 Å². The average Bonchev–Trinajstić information content (AvgIpc) is 3.14. The number of methoxy groups -OCH3 is 2. The molecule has 1 unspecified atom stereocenters. The molecule has 33 heavy (non-hydrogen) atoms. The van der Waals surface area contributed by atoms with Crippen LogP contribution in [0.5, 0.6) is 0 Å². The molecule has 9 heteroatoms. The van der Waals surface area contributed by atoms with E-state index in [0.29, 0.717) is 28.1 Å². The van der Waals surface area contributed by atoms with Crippen molar-refractivity contribution >= 4 is 34.9 Å². The molecule has 2 aromatic carbocycles. The van der Waals surface area contributed by atoms with Gasteiger partial charge in [0.05, 0.1) is 26.3 Å². The molecule has 0 aliphatic carbocycles. The number of carbonyl (C=O) groups excluding carboxylic acids is 3. The summed E-state index contributed by atoms with van der Waals surface area (Å²) in [6.45, 7) is 1.61. The molecule has 2 aromatic rings. The predicted molar refractivity (Wildman–Crippen MR) is 124 cm³/mol. The molecule has 0 saturated heterocycles. The summed E-state index contributed by atoms with van der Waals surface area (Å²) in [4.78, 5) is 38.2. The predicted octanol–water partition coefficient (Wildman–Crippen LogP) is 1.60. The van der Waals surface area contributed by atoms with Crippen LogP contribution in [0.3, 0.4) is 0 Å². The van der Waals surface area contributed by atoms with Crippen molar-refractivity contribution < 1.29 is 23.9 Å². The van der Waals surface area contributed by atoms with Gasteiger partial charge < -0.3 is 25.4 Å². The number of hydrogen-bond acceptors (Lipinski definition) is 6. The molecular weight excluding hydrogens is 424 g/mol. The molecule has 0 radical (unpaired) electrons. The van der Waals surface area contributed by atoms with E-state index in [-0.39, 0.29) is 30.6 Å². The van der Waals surface area contributed by atoms with Crippen LogP contribution in [-0.4, -0.2) is 50.4 Å². The number of nitrogens with two attached hydrogens (primary N) is 1. The number of benzene rings is 2. The van der Waals surface area contributed by atoms with Gasteiger partial charge in [-0.1, -0.05) is 36.4 Å². The van der Waals surface area contributed by atoms with Gasteiger partial charge in [0.25, 0.3) is 5.91 Å². The minimum Gasteiger partial charge on any atom is -0.498 e. The third-order valence-corrected chi connectivity index (χ3v) is 5.32. The summed E-state index contributed by atoms with van der Waals surface area (Å²) in [5.41, 5.74) is 8.68. The summed E-state index contributed by atoms with van der Waals surface area (Å²) in [6.07, 6.45) is 0.260. The molecule has 0 spiro atoms. The molecular formula is C24H26N4O5. The monoisotopic (exact) mass is 450 g/mol. The maximum Gasteiger partial charge on any atom is 0.328 e. The van der Waals surface area contributed by atoms with E-state index in [2.05, 4.69) is 5.32 Å². The Morgan fingerprint density at radius 1 is 1.12 bits per heavy atom. The van der Waals surface area contributed by atoms with E-state index in [1.807, 2.05) is 0 Å². The van der Waals surface area contributed by atoms with Gasteiger partial charge in [-0.3, -0.25) is 15.0 Å². The second kappa shape index (κ2) is 9.99. The zero-order valence-corrected chi connectivity index (χ0v) is 18.7. The topological polar surface area (TPSA) is 135 Å². The van der Waals surface area contributed by atoms with Crippen molar-refractivity contribution in [3.63, 3.8) is 0 Å². The van der Waals surface area contributed by atoms with Crippen LogP contribution in [0.2, 0.25) is 0 Å². The summed E-state index contributed by atoms with van der Waals surface area (Å²) >= 11 is 0. The van der Waals surface area contributed by atoms with Crippen LogP contribution in [0.1, 0.15) is 23.6 Å². The molecule has 0 fully saturated rings. The molecule has 0 saturated carbocycles. The summed E-state index contributed by atoms with van der Waals surface area (Å²) in [7, 11) is 2.79. The number of carbonyl (C=O) groups is 3. The number of nitrogen functional groups attached to an aromatic ring is 1. The highest BCUT2D eigenvalue weighted by Gasteiger charge is 2.33. The van der Waals surface area contributed by atoms with Gasteiger partial charge in [-0.05, 0) is 23.3 Å². The quantitative estimate of drug-likeness (QED) is 0.318. The van der Waals surface area contributed by atoms with Crippen molar-refractivity contribution in [3.8, 4) is 0 Å². The molecule has 9 nitrogen and oxygen atoms in total. The Hall–Kier alpha value is -4.14. The molecule has 172 valence electrons. The van der Waals surface area contributed by atoms with Gasteiger partial charge >= 0.3 is 5.97 Å². The van der Waals surface area contributed by atoms with Crippen molar-refractivity contribution in [3.05, 3.63) is 71.0 Å². The van der Waals surface area contributed by atoms with Crippen molar-refractivity contribution in [2.24, 2.45) is 5.73 Å². The lowest BCUT2D eigenvalue weighted by atomic mass is 10.0. The first-order chi connectivity index (χ1) is 15.7. The van der Waals surface area contributed by atoms with Crippen LogP contribution in [0.15, 0.2) is 54.3 Å². The number of amidine groups is 1. The minimum absolute atomic E-state index is 0.0464. The van der Waals surface area contributed by atoms with E-state index < -0.39 is 12.0 Å². The standard InChI is InChI=1S/C24H26N4O5/c1-14(29)27-19(24(31)33-3)12-15-4-10-18(11-5-15)28-13-20(32-2)21(23(28)30)16-6-8-17(9-7-16)22(25)26/h4-11,19H,12-13H2,1-3H3,(H3,25,26)(H,27,29). The van der Waals surface area contributed by atoms with Crippen LogP contribution >= 0.6 is 0 Å². The van der Waals surface area contributed by atoms with Gasteiger partial charge in [0, 0.05) is 24.6 Å². The van der Waals surface area contributed by atoms with Crippen LogP contribution < -0.4 is 16.0 Å². The molecule has 1 heterocycles. The largest absolute Gasteiger partial charge is 0.498 e. The van der Waals surface area contributed by atoms with Crippen molar-refractivity contribution in [1.29, 1.82) is 5.41 Å². The minimum atomic E-state index is -0.793.